The molecule has 38 heavy (non-hydrogen) atoms. The predicted molar refractivity (Wildman–Crippen MR) is 150 cm³/mol. The van der Waals surface area contributed by atoms with Gasteiger partial charge in [0.15, 0.2) is 5.78 Å². The van der Waals surface area contributed by atoms with Crippen molar-refractivity contribution in [2.24, 2.45) is 23.2 Å². The summed E-state index contributed by atoms with van der Waals surface area (Å²) in [5.74, 6) is 1.42. The van der Waals surface area contributed by atoms with Crippen molar-refractivity contribution in [2.75, 3.05) is 18.5 Å². The lowest BCUT2D eigenvalue weighted by Crippen LogP contribution is -2.44. The number of hydrogen-bond donors (Lipinski definition) is 1. The normalized spacial score (nSPS) is 30.3. The molecule has 0 aliphatic heterocycles. The highest BCUT2D eigenvalue weighted by molar-refractivity contribution is 5.93. The first-order chi connectivity index (χ1) is 18.2. The summed E-state index contributed by atoms with van der Waals surface area (Å²) < 4.78 is 0. The second-order valence-electron chi connectivity index (χ2n) is 12.5. The molecule has 0 bridgehead atoms. The summed E-state index contributed by atoms with van der Waals surface area (Å²) in [6.45, 7) is 5.09. The molecule has 5 heteroatoms. The van der Waals surface area contributed by atoms with E-state index >= 15 is 0 Å². The quantitative estimate of drug-likeness (QED) is 0.362. The summed E-state index contributed by atoms with van der Waals surface area (Å²) >= 11 is 0. The number of allylic oxidation sites excluding steroid dienone is 4. The number of unbranched alkanes of at least 4 members (excludes halogenated alkanes) is 2. The first-order valence-electron chi connectivity index (χ1n) is 14.7. The van der Waals surface area contributed by atoms with Gasteiger partial charge in [-0.3, -0.25) is 14.4 Å². The first-order valence-corrected chi connectivity index (χ1v) is 14.7. The molecular weight excluding hydrogens is 474 g/mol. The molecule has 4 aliphatic carbocycles. The number of fused-ring (bicyclic) bond motifs is 4. The fraction of sp³-hybridized carbons (Fsp3) is 0.606. The van der Waals surface area contributed by atoms with Crippen molar-refractivity contribution in [3.8, 4) is 0 Å². The first kappa shape index (κ1) is 26.9. The molecular formula is C33H43NO4. The lowest BCUT2D eigenvalue weighted by atomic mass is 9.51. The number of carbonyl (C=O) groups is 3. The summed E-state index contributed by atoms with van der Waals surface area (Å²) in [7, 11) is 2.10. The van der Waals surface area contributed by atoms with Crippen LogP contribution in [0.1, 0.15) is 96.0 Å². The van der Waals surface area contributed by atoms with Gasteiger partial charge >= 0.3 is 5.97 Å². The van der Waals surface area contributed by atoms with Gasteiger partial charge in [-0.15, -0.1) is 0 Å². The van der Waals surface area contributed by atoms with Crippen molar-refractivity contribution in [2.45, 2.75) is 90.4 Å². The number of carboxylic acid groups (broad SMARTS) is 1. The maximum absolute atomic E-state index is 12.8. The molecule has 1 unspecified atom stereocenters. The molecule has 2 saturated carbocycles. The van der Waals surface area contributed by atoms with Crippen molar-refractivity contribution < 1.29 is 19.5 Å². The van der Waals surface area contributed by atoms with Gasteiger partial charge in [0.25, 0.3) is 0 Å². The summed E-state index contributed by atoms with van der Waals surface area (Å²) in [6.07, 6.45) is 11.5. The van der Waals surface area contributed by atoms with E-state index in [2.05, 4.69) is 43.1 Å². The topological polar surface area (TPSA) is 74.7 Å². The van der Waals surface area contributed by atoms with E-state index in [9.17, 15) is 14.4 Å². The zero-order valence-corrected chi connectivity index (χ0v) is 23.3. The second-order valence-corrected chi connectivity index (χ2v) is 12.5. The predicted octanol–water partition coefficient (Wildman–Crippen LogP) is 6.87. The number of anilines is 1. The monoisotopic (exact) mass is 517 g/mol. The maximum atomic E-state index is 12.8. The molecule has 0 heterocycles. The van der Waals surface area contributed by atoms with Gasteiger partial charge in [-0.2, -0.15) is 0 Å². The van der Waals surface area contributed by atoms with Crippen LogP contribution in [0.3, 0.4) is 0 Å². The van der Waals surface area contributed by atoms with Crippen molar-refractivity contribution in [1.29, 1.82) is 0 Å². The molecule has 0 aromatic heterocycles. The number of Topliss-reactive ketones (excluding diaryl/α,β-unsaturated/α-hetero) is 1. The third-order valence-corrected chi connectivity index (χ3v) is 10.3. The molecule has 0 spiro atoms. The van der Waals surface area contributed by atoms with Crippen molar-refractivity contribution in [3.05, 3.63) is 52.6 Å². The number of benzene rings is 1. The van der Waals surface area contributed by atoms with E-state index in [-0.39, 0.29) is 23.5 Å². The van der Waals surface area contributed by atoms with Gasteiger partial charge in [-0.05, 0) is 110 Å². The lowest BCUT2D eigenvalue weighted by molar-refractivity contribution is -0.137. The Kier molecular flexibility index (Phi) is 7.66. The summed E-state index contributed by atoms with van der Waals surface area (Å²) in [5, 5.41) is 8.84. The van der Waals surface area contributed by atoms with Crippen LogP contribution in [0.2, 0.25) is 0 Å². The average Bonchev–Trinajstić information content (AvgIpc) is 3.24. The number of ketones is 2. The fourth-order valence-corrected chi connectivity index (χ4v) is 8.52. The highest BCUT2D eigenvalue weighted by Gasteiger charge is 2.57. The van der Waals surface area contributed by atoms with E-state index in [0.717, 1.165) is 64.3 Å². The van der Waals surface area contributed by atoms with Crippen LogP contribution in [0, 0.1) is 23.2 Å². The van der Waals surface area contributed by atoms with Gasteiger partial charge in [-0.25, -0.2) is 0 Å². The van der Waals surface area contributed by atoms with E-state index in [1.807, 2.05) is 6.08 Å². The Morgan fingerprint density at radius 3 is 2.50 bits per heavy atom. The highest BCUT2D eigenvalue weighted by atomic mass is 16.4. The van der Waals surface area contributed by atoms with Crippen LogP contribution in [0.4, 0.5) is 5.69 Å². The molecule has 2 fully saturated rings. The molecule has 0 amide bonds. The second kappa shape index (κ2) is 10.8. The molecule has 204 valence electrons. The number of carboxylic acids is 1. The van der Waals surface area contributed by atoms with Gasteiger partial charge in [0, 0.05) is 44.0 Å². The SMILES string of the molecule is CC(=O)[C@H]1CCC2[C@@H]3CCC4=CC(=O)CCC4=C3[C@@H](c3ccc(N(C)CCCCCC(=O)O)cc3)C[C@@]21C. The maximum Gasteiger partial charge on any atom is 0.303 e. The summed E-state index contributed by atoms with van der Waals surface area (Å²) in [6, 6.07) is 9.03. The number of nitrogens with zero attached hydrogens (tertiary/aromatic N) is 1. The molecule has 0 saturated heterocycles. The minimum absolute atomic E-state index is 0.0301. The third-order valence-electron chi connectivity index (χ3n) is 10.3. The fourth-order valence-electron chi connectivity index (χ4n) is 8.52. The molecule has 5 atom stereocenters. The number of aliphatic carboxylic acids is 1. The van der Waals surface area contributed by atoms with Gasteiger partial charge in [0.1, 0.15) is 5.78 Å². The van der Waals surface area contributed by atoms with Crippen molar-refractivity contribution in [3.63, 3.8) is 0 Å². The van der Waals surface area contributed by atoms with Gasteiger partial charge in [0.2, 0.25) is 0 Å². The minimum atomic E-state index is -0.720. The van der Waals surface area contributed by atoms with E-state index in [1.165, 1.54) is 22.4 Å². The van der Waals surface area contributed by atoms with Crippen LogP contribution in [0.25, 0.3) is 0 Å². The zero-order valence-electron chi connectivity index (χ0n) is 23.3. The Labute approximate surface area is 227 Å². The number of hydrogen-bond acceptors (Lipinski definition) is 4. The molecule has 5 rings (SSSR count). The van der Waals surface area contributed by atoms with Crippen LogP contribution in [-0.2, 0) is 14.4 Å². The van der Waals surface area contributed by atoms with Gasteiger partial charge in [0.05, 0.1) is 0 Å². The Morgan fingerprint density at radius 2 is 1.79 bits per heavy atom. The Bertz CT molecular complexity index is 1160. The smallest absolute Gasteiger partial charge is 0.303 e. The largest absolute Gasteiger partial charge is 0.481 e. The summed E-state index contributed by atoms with van der Waals surface area (Å²) in [4.78, 5) is 38.0. The standard InChI is InChI=1S/C33H43NO4/c1-21(35)29-16-17-30-27-14-10-23-19-25(36)13-15-26(23)32(27)28(20-33(29,30)2)22-8-11-24(12-9-22)34(3)18-6-4-5-7-31(37)38/h8-9,11-12,19,27-30H,4-7,10,13-18,20H2,1-3H3,(H,37,38)/t27-,28+,29+,30?,33+/m0/s1. The highest BCUT2D eigenvalue weighted by Crippen LogP contribution is 2.65. The Morgan fingerprint density at radius 1 is 1.03 bits per heavy atom. The zero-order chi connectivity index (χ0) is 27.0. The molecule has 1 aromatic rings. The third kappa shape index (κ3) is 5.01. The molecule has 5 nitrogen and oxygen atoms in total. The van der Waals surface area contributed by atoms with Crippen molar-refractivity contribution >= 4 is 23.2 Å². The van der Waals surface area contributed by atoms with E-state index < -0.39 is 5.97 Å². The van der Waals surface area contributed by atoms with Gasteiger partial charge < -0.3 is 10.0 Å². The van der Waals surface area contributed by atoms with Crippen LogP contribution in [-0.4, -0.2) is 36.2 Å². The lowest BCUT2D eigenvalue weighted by Gasteiger charge is -2.52. The van der Waals surface area contributed by atoms with E-state index in [0.29, 0.717) is 30.0 Å². The molecule has 4 aliphatic rings. The average molecular weight is 518 g/mol. The Hall–Kier alpha value is -2.69. The Balaban J connectivity index is 1.42. The van der Waals surface area contributed by atoms with Crippen LogP contribution >= 0.6 is 0 Å². The molecule has 0 radical (unpaired) electrons. The number of carbonyl (C=O) groups excluding carboxylic acids is 2. The van der Waals surface area contributed by atoms with Crippen LogP contribution in [0.15, 0.2) is 47.1 Å². The van der Waals surface area contributed by atoms with Crippen LogP contribution in [0.5, 0.6) is 0 Å². The van der Waals surface area contributed by atoms with Crippen LogP contribution < -0.4 is 4.90 Å². The van der Waals surface area contributed by atoms with Gasteiger partial charge in [-0.1, -0.05) is 31.1 Å². The molecule has 1 N–H and O–H groups in total. The minimum Gasteiger partial charge on any atom is -0.481 e. The summed E-state index contributed by atoms with van der Waals surface area (Å²) in [5.41, 5.74) is 6.87. The number of rotatable bonds is 9. The molecule has 1 aromatic carbocycles. The van der Waals surface area contributed by atoms with E-state index in [1.54, 1.807) is 12.5 Å². The van der Waals surface area contributed by atoms with E-state index in [4.69, 9.17) is 5.11 Å². The van der Waals surface area contributed by atoms with Crippen molar-refractivity contribution in [1.82, 2.24) is 0 Å².